The molecule has 0 radical (unpaired) electrons. The first-order valence-corrected chi connectivity index (χ1v) is 11.9. The van der Waals surface area contributed by atoms with Gasteiger partial charge in [0, 0.05) is 11.1 Å². The van der Waals surface area contributed by atoms with Gasteiger partial charge in [-0.15, -0.1) is 5.10 Å². The fourth-order valence-corrected chi connectivity index (χ4v) is 4.89. The Labute approximate surface area is 184 Å². The zero-order valence-electron chi connectivity index (χ0n) is 16.0. The lowest BCUT2D eigenvalue weighted by Gasteiger charge is -2.35. The molecule has 29 heavy (non-hydrogen) atoms. The van der Waals surface area contributed by atoms with E-state index in [1.807, 2.05) is 16.4 Å². The molecule has 4 aromatic rings. The van der Waals surface area contributed by atoms with Gasteiger partial charge in [0.25, 0.3) is 0 Å². The quantitative estimate of drug-likeness (QED) is 0.189. The number of hydrogen-bond acceptors (Lipinski definition) is 3. The molecule has 0 saturated carbocycles. The van der Waals surface area contributed by atoms with Gasteiger partial charge in [-0.2, -0.15) is 11.8 Å². The van der Waals surface area contributed by atoms with E-state index in [1.54, 1.807) is 0 Å². The highest BCUT2D eigenvalue weighted by molar-refractivity contribution is 9.11. The van der Waals surface area contributed by atoms with Crippen LogP contribution in [0, 0.1) is 0 Å². The highest BCUT2D eigenvalue weighted by atomic mass is 79.9. The number of hydrogen-bond donors (Lipinski definition) is 0. The van der Waals surface area contributed by atoms with Crippen LogP contribution in [0.25, 0.3) is 0 Å². The third kappa shape index (κ3) is 4.02. The Bertz CT molecular complexity index is 923. The van der Waals surface area contributed by atoms with Crippen LogP contribution in [0.2, 0.25) is 0 Å². The minimum absolute atomic E-state index is 0.586. The summed E-state index contributed by atoms with van der Waals surface area (Å²) in [5.41, 5.74) is 3.89. The maximum absolute atomic E-state index is 4.64. The second-order valence-corrected chi connectivity index (χ2v) is 9.14. The van der Waals surface area contributed by atoms with Crippen molar-refractivity contribution in [1.29, 1.82) is 0 Å². The standard InChI is InChI=1S/C24H22BrN3S/c25-19-29-17-16-23-18-28(27-26-23)24(20-10-4-1-5-11-20,21-12-6-2-7-13-21)22-14-8-3-9-15-22/h1-15,18H,16-17,19H2. The summed E-state index contributed by atoms with van der Waals surface area (Å²) in [6.07, 6.45) is 2.99. The van der Waals surface area contributed by atoms with E-state index in [0.717, 1.165) is 39.2 Å². The van der Waals surface area contributed by atoms with Gasteiger partial charge in [0.05, 0.1) is 11.9 Å². The summed E-state index contributed by atoms with van der Waals surface area (Å²) >= 11 is 5.32. The van der Waals surface area contributed by atoms with Crippen LogP contribution in [0.15, 0.2) is 97.2 Å². The Hall–Kier alpha value is -2.37. The molecular formula is C24H22BrN3S. The number of rotatable bonds is 8. The van der Waals surface area contributed by atoms with Crippen molar-refractivity contribution in [3.05, 3.63) is 120 Å². The van der Waals surface area contributed by atoms with Crippen LogP contribution < -0.4 is 0 Å². The molecule has 5 heteroatoms. The lowest BCUT2D eigenvalue weighted by molar-refractivity contribution is 0.446. The molecule has 3 aromatic carbocycles. The van der Waals surface area contributed by atoms with E-state index in [1.165, 1.54) is 0 Å². The maximum atomic E-state index is 4.64. The van der Waals surface area contributed by atoms with Crippen LogP contribution in [0.3, 0.4) is 0 Å². The Morgan fingerprint density at radius 2 is 1.24 bits per heavy atom. The molecule has 0 unspecified atom stereocenters. The number of aromatic nitrogens is 3. The van der Waals surface area contributed by atoms with E-state index in [2.05, 4.69) is 123 Å². The molecule has 0 saturated heterocycles. The van der Waals surface area contributed by atoms with E-state index < -0.39 is 5.54 Å². The van der Waals surface area contributed by atoms with Gasteiger partial charge >= 0.3 is 0 Å². The van der Waals surface area contributed by atoms with Gasteiger partial charge in [0.2, 0.25) is 0 Å². The van der Waals surface area contributed by atoms with Crippen LogP contribution in [0.5, 0.6) is 0 Å². The molecule has 1 aromatic heterocycles. The van der Waals surface area contributed by atoms with E-state index in [-0.39, 0.29) is 0 Å². The molecule has 0 bridgehead atoms. The van der Waals surface area contributed by atoms with E-state index in [9.17, 15) is 0 Å². The van der Waals surface area contributed by atoms with Gasteiger partial charge in [-0.1, -0.05) is 112 Å². The maximum Gasteiger partial charge on any atom is 0.139 e. The fraction of sp³-hybridized carbons (Fsp3) is 0.167. The summed E-state index contributed by atoms with van der Waals surface area (Å²) in [5, 5.41) is 9.16. The van der Waals surface area contributed by atoms with Gasteiger partial charge in [0.15, 0.2) is 0 Å². The number of aryl methyl sites for hydroxylation is 1. The molecule has 0 fully saturated rings. The van der Waals surface area contributed by atoms with Crippen molar-refractivity contribution in [3.63, 3.8) is 0 Å². The van der Waals surface area contributed by atoms with Crippen molar-refractivity contribution in [2.45, 2.75) is 12.0 Å². The zero-order chi connectivity index (χ0) is 19.9. The van der Waals surface area contributed by atoms with Crippen molar-refractivity contribution >= 4 is 27.7 Å². The zero-order valence-corrected chi connectivity index (χ0v) is 18.4. The Kier molecular flexibility index (Phi) is 6.47. The number of alkyl halides is 1. The smallest absolute Gasteiger partial charge is 0.139 e. The van der Waals surface area contributed by atoms with Crippen molar-refractivity contribution in [2.24, 2.45) is 0 Å². The summed E-state index contributed by atoms with van der Waals surface area (Å²) in [7, 11) is 0. The Morgan fingerprint density at radius 3 is 1.69 bits per heavy atom. The molecule has 3 nitrogen and oxygen atoms in total. The van der Waals surface area contributed by atoms with E-state index >= 15 is 0 Å². The minimum Gasteiger partial charge on any atom is -0.233 e. The van der Waals surface area contributed by atoms with Gasteiger partial charge in [-0.05, 0) is 22.4 Å². The Balaban J connectivity index is 1.94. The van der Waals surface area contributed by atoms with Crippen molar-refractivity contribution in [3.8, 4) is 0 Å². The van der Waals surface area contributed by atoms with Crippen molar-refractivity contribution in [2.75, 3.05) is 10.4 Å². The molecule has 0 aliphatic carbocycles. The van der Waals surface area contributed by atoms with Gasteiger partial charge in [-0.25, -0.2) is 4.68 Å². The lowest BCUT2D eigenvalue weighted by atomic mass is 9.77. The molecule has 4 rings (SSSR count). The second kappa shape index (κ2) is 9.42. The molecular weight excluding hydrogens is 442 g/mol. The first-order valence-electron chi connectivity index (χ1n) is 9.57. The average molecular weight is 464 g/mol. The minimum atomic E-state index is -0.586. The average Bonchev–Trinajstić information content (AvgIpc) is 3.26. The van der Waals surface area contributed by atoms with E-state index in [4.69, 9.17) is 0 Å². The summed E-state index contributed by atoms with van der Waals surface area (Å²) in [4.78, 5) is 0. The molecule has 0 amide bonds. The van der Waals surface area contributed by atoms with Crippen molar-refractivity contribution < 1.29 is 0 Å². The summed E-state index contributed by atoms with van der Waals surface area (Å²) < 4.78 is 2.96. The highest BCUT2D eigenvalue weighted by Gasteiger charge is 2.39. The predicted octanol–water partition coefficient (Wildman–Crippen LogP) is 5.75. The first kappa shape index (κ1) is 19.9. The topological polar surface area (TPSA) is 30.7 Å². The molecule has 0 spiro atoms. The predicted molar refractivity (Wildman–Crippen MR) is 125 cm³/mol. The molecule has 1 heterocycles. The second-order valence-electron chi connectivity index (χ2n) is 6.73. The number of thioether (sulfide) groups is 1. The third-order valence-electron chi connectivity index (χ3n) is 5.04. The highest BCUT2D eigenvalue weighted by Crippen LogP contribution is 2.40. The van der Waals surface area contributed by atoms with Gasteiger partial charge in [0.1, 0.15) is 5.54 Å². The van der Waals surface area contributed by atoms with Crippen LogP contribution in [0.1, 0.15) is 22.4 Å². The largest absolute Gasteiger partial charge is 0.233 e. The number of halogens is 1. The van der Waals surface area contributed by atoms with Crippen LogP contribution >= 0.6 is 27.7 Å². The molecule has 0 aliphatic heterocycles. The number of nitrogens with zero attached hydrogens (tertiary/aromatic N) is 3. The number of benzene rings is 3. The summed E-state index contributed by atoms with van der Waals surface area (Å²) in [6, 6.07) is 31.7. The summed E-state index contributed by atoms with van der Waals surface area (Å²) in [5.74, 6) is 1.01. The van der Waals surface area contributed by atoms with Crippen LogP contribution in [0.4, 0.5) is 0 Å². The third-order valence-corrected chi connectivity index (χ3v) is 6.66. The van der Waals surface area contributed by atoms with Gasteiger partial charge < -0.3 is 0 Å². The monoisotopic (exact) mass is 463 g/mol. The SMILES string of the molecule is BrCSCCc1cn(C(c2ccccc2)(c2ccccc2)c2ccccc2)nn1. The van der Waals surface area contributed by atoms with E-state index in [0.29, 0.717) is 0 Å². The molecule has 146 valence electrons. The van der Waals surface area contributed by atoms with Crippen LogP contribution in [-0.2, 0) is 12.0 Å². The lowest BCUT2D eigenvalue weighted by Crippen LogP contribution is -2.38. The molecule has 0 atom stereocenters. The normalized spacial score (nSPS) is 11.5. The van der Waals surface area contributed by atoms with Crippen molar-refractivity contribution in [1.82, 2.24) is 15.0 Å². The molecule has 0 aliphatic rings. The van der Waals surface area contributed by atoms with Crippen LogP contribution in [-0.4, -0.2) is 25.4 Å². The summed E-state index contributed by atoms with van der Waals surface area (Å²) in [6.45, 7) is 0. The Morgan fingerprint density at radius 1 is 0.759 bits per heavy atom. The fourth-order valence-electron chi connectivity index (χ4n) is 3.74. The molecule has 0 N–H and O–H groups in total. The first-order chi connectivity index (χ1) is 14.4. The van der Waals surface area contributed by atoms with Gasteiger partial charge in [-0.3, -0.25) is 0 Å².